The van der Waals surface area contributed by atoms with E-state index in [2.05, 4.69) is 31.1 Å². The quantitative estimate of drug-likeness (QED) is 0.777. The molecule has 24 heavy (non-hydrogen) atoms. The van der Waals surface area contributed by atoms with Crippen molar-refractivity contribution in [3.63, 3.8) is 0 Å². The molecule has 0 saturated carbocycles. The summed E-state index contributed by atoms with van der Waals surface area (Å²) in [5, 5.41) is 0. The molecule has 1 atom stereocenters. The summed E-state index contributed by atoms with van der Waals surface area (Å²) in [5.74, 6) is 3.04. The van der Waals surface area contributed by atoms with Crippen molar-refractivity contribution in [2.24, 2.45) is 0 Å². The predicted molar refractivity (Wildman–Crippen MR) is 92.1 cm³/mol. The van der Waals surface area contributed by atoms with Crippen LogP contribution in [0.4, 0.5) is 0 Å². The second-order valence-electron chi connectivity index (χ2n) is 5.88. The Balaban J connectivity index is 1.63. The monoisotopic (exact) mass is 329 g/mol. The van der Waals surface area contributed by atoms with E-state index >= 15 is 0 Å². The van der Waals surface area contributed by atoms with Gasteiger partial charge in [-0.25, -0.2) is 0 Å². The van der Waals surface area contributed by atoms with Gasteiger partial charge in [0.2, 0.25) is 12.5 Å². The Kier molecular flexibility index (Phi) is 5.11. The van der Waals surface area contributed by atoms with Crippen molar-refractivity contribution in [2.75, 3.05) is 34.6 Å². The lowest BCUT2D eigenvalue weighted by atomic mass is 10.0. The smallest absolute Gasteiger partial charge is 0.231 e. The molecule has 0 aliphatic carbocycles. The third-order valence-corrected chi connectivity index (χ3v) is 4.13. The van der Waals surface area contributed by atoms with E-state index in [0.29, 0.717) is 12.4 Å². The van der Waals surface area contributed by atoms with Crippen LogP contribution in [0.25, 0.3) is 0 Å². The van der Waals surface area contributed by atoms with Gasteiger partial charge in [0.05, 0.1) is 13.7 Å². The fourth-order valence-electron chi connectivity index (χ4n) is 2.85. The van der Waals surface area contributed by atoms with Crippen LogP contribution in [0.1, 0.15) is 18.0 Å². The lowest BCUT2D eigenvalue weighted by molar-refractivity contribution is 0.167. The topological polar surface area (TPSA) is 40.2 Å². The van der Waals surface area contributed by atoms with Gasteiger partial charge in [-0.05, 0) is 43.9 Å². The van der Waals surface area contributed by atoms with Gasteiger partial charge in [-0.3, -0.25) is 0 Å². The molecule has 0 fully saturated rings. The Hall–Kier alpha value is -2.40. The zero-order chi connectivity index (χ0) is 16.9. The minimum absolute atomic E-state index is 0.252. The van der Waals surface area contributed by atoms with Gasteiger partial charge >= 0.3 is 0 Å². The van der Waals surface area contributed by atoms with Crippen LogP contribution >= 0.6 is 0 Å². The molecule has 2 aromatic carbocycles. The normalized spacial score (nSPS) is 13.8. The lowest BCUT2D eigenvalue weighted by Crippen LogP contribution is -2.22. The minimum atomic E-state index is 0.252. The summed E-state index contributed by atoms with van der Waals surface area (Å²) >= 11 is 0. The highest BCUT2D eigenvalue weighted by Gasteiger charge is 2.19. The Labute approximate surface area is 142 Å². The summed E-state index contributed by atoms with van der Waals surface area (Å²) in [6.07, 6.45) is 0.865. The SMILES string of the molecule is COc1ccc(C(CCOc2cccc3c2OCO3)N(C)C)cc1. The highest BCUT2D eigenvalue weighted by atomic mass is 16.7. The molecule has 0 aromatic heterocycles. The van der Waals surface area contributed by atoms with E-state index in [1.807, 2.05) is 30.3 Å². The first-order valence-corrected chi connectivity index (χ1v) is 8.01. The number of rotatable bonds is 7. The maximum atomic E-state index is 5.94. The van der Waals surface area contributed by atoms with E-state index in [0.717, 1.165) is 23.7 Å². The fraction of sp³-hybridized carbons (Fsp3) is 0.368. The van der Waals surface area contributed by atoms with Crippen molar-refractivity contribution in [2.45, 2.75) is 12.5 Å². The van der Waals surface area contributed by atoms with E-state index in [-0.39, 0.29) is 12.8 Å². The summed E-state index contributed by atoms with van der Waals surface area (Å²) in [4.78, 5) is 2.19. The second kappa shape index (κ2) is 7.45. The zero-order valence-electron chi connectivity index (χ0n) is 14.3. The van der Waals surface area contributed by atoms with Crippen LogP contribution in [0.3, 0.4) is 0 Å². The van der Waals surface area contributed by atoms with Crippen LogP contribution in [0, 0.1) is 0 Å². The highest BCUT2D eigenvalue weighted by Crippen LogP contribution is 2.40. The number of benzene rings is 2. The van der Waals surface area contributed by atoms with Crippen molar-refractivity contribution < 1.29 is 18.9 Å². The highest BCUT2D eigenvalue weighted by molar-refractivity contribution is 5.52. The molecule has 128 valence electrons. The summed E-state index contributed by atoms with van der Waals surface area (Å²) in [5.41, 5.74) is 1.24. The zero-order valence-corrected chi connectivity index (χ0v) is 14.3. The minimum Gasteiger partial charge on any atom is -0.497 e. The Morgan fingerprint density at radius 2 is 1.88 bits per heavy atom. The molecule has 0 saturated heterocycles. The van der Waals surface area contributed by atoms with E-state index in [9.17, 15) is 0 Å². The number of nitrogens with zero attached hydrogens (tertiary/aromatic N) is 1. The molecule has 1 aliphatic rings. The van der Waals surface area contributed by atoms with Crippen LogP contribution in [0.5, 0.6) is 23.0 Å². The van der Waals surface area contributed by atoms with Gasteiger partial charge in [-0.1, -0.05) is 18.2 Å². The Morgan fingerprint density at radius 3 is 2.58 bits per heavy atom. The molecule has 0 spiro atoms. The molecular formula is C19H23NO4. The maximum Gasteiger partial charge on any atom is 0.231 e. The first kappa shape index (κ1) is 16.5. The molecule has 0 radical (unpaired) electrons. The molecular weight excluding hydrogens is 306 g/mol. The van der Waals surface area contributed by atoms with E-state index < -0.39 is 0 Å². The predicted octanol–water partition coefficient (Wildman–Crippen LogP) is 3.50. The number of para-hydroxylation sites is 1. The van der Waals surface area contributed by atoms with Crippen molar-refractivity contribution in [3.05, 3.63) is 48.0 Å². The van der Waals surface area contributed by atoms with Gasteiger partial charge < -0.3 is 23.8 Å². The van der Waals surface area contributed by atoms with Gasteiger partial charge in [0, 0.05) is 12.5 Å². The Bertz CT molecular complexity index is 670. The van der Waals surface area contributed by atoms with Gasteiger partial charge in [-0.15, -0.1) is 0 Å². The first-order chi connectivity index (χ1) is 11.7. The molecule has 1 unspecified atom stereocenters. The standard InChI is InChI=1S/C19H23NO4/c1-20(2)16(14-7-9-15(21-3)10-8-14)11-12-22-17-5-4-6-18-19(17)24-13-23-18/h4-10,16H,11-13H2,1-3H3. The third kappa shape index (κ3) is 3.57. The average Bonchev–Trinajstić information content (AvgIpc) is 3.08. The van der Waals surface area contributed by atoms with Crippen molar-refractivity contribution >= 4 is 0 Å². The molecule has 5 heteroatoms. The van der Waals surface area contributed by atoms with Gasteiger partial charge in [0.1, 0.15) is 5.75 Å². The first-order valence-electron chi connectivity index (χ1n) is 8.01. The van der Waals surface area contributed by atoms with E-state index in [4.69, 9.17) is 18.9 Å². The van der Waals surface area contributed by atoms with Crippen molar-refractivity contribution in [1.82, 2.24) is 4.90 Å². The molecule has 5 nitrogen and oxygen atoms in total. The van der Waals surface area contributed by atoms with Crippen LogP contribution in [0.15, 0.2) is 42.5 Å². The number of hydrogen-bond donors (Lipinski definition) is 0. The average molecular weight is 329 g/mol. The molecule has 0 amide bonds. The second-order valence-corrected chi connectivity index (χ2v) is 5.88. The van der Waals surface area contributed by atoms with Crippen molar-refractivity contribution in [3.8, 4) is 23.0 Å². The largest absolute Gasteiger partial charge is 0.497 e. The summed E-state index contributed by atoms with van der Waals surface area (Å²) in [7, 11) is 5.83. The maximum absolute atomic E-state index is 5.94. The Morgan fingerprint density at radius 1 is 1.08 bits per heavy atom. The molecule has 1 aliphatic heterocycles. The van der Waals surface area contributed by atoms with Crippen LogP contribution in [0.2, 0.25) is 0 Å². The third-order valence-electron chi connectivity index (χ3n) is 4.13. The summed E-state index contributed by atoms with van der Waals surface area (Å²) in [6, 6.07) is 14.1. The number of methoxy groups -OCH3 is 1. The number of fused-ring (bicyclic) bond motifs is 1. The van der Waals surface area contributed by atoms with Gasteiger partial charge in [0.15, 0.2) is 11.5 Å². The van der Waals surface area contributed by atoms with Gasteiger partial charge in [0.25, 0.3) is 0 Å². The van der Waals surface area contributed by atoms with Crippen LogP contribution in [-0.4, -0.2) is 39.5 Å². The van der Waals surface area contributed by atoms with Crippen LogP contribution < -0.4 is 18.9 Å². The number of ether oxygens (including phenoxy) is 4. The molecule has 0 N–H and O–H groups in total. The van der Waals surface area contributed by atoms with Crippen LogP contribution in [-0.2, 0) is 0 Å². The molecule has 0 bridgehead atoms. The fourth-order valence-corrected chi connectivity index (χ4v) is 2.85. The molecule has 1 heterocycles. The molecule has 3 rings (SSSR count). The lowest BCUT2D eigenvalue weighted by Gasteiger charge is -2.25. The van der Waals surface area contributed by atoms with E-state index in [1.165, 1.54) is 5.56 Å². The molecule has 2 aromatic rings. The summed E-state index contributed by atoms with van der Waals surface area (Å²) in [6.45, 7) is 0.844. The van der Waals surface area contributed by atoms with Crippen molar-refractivity contribution in [1.29, 1.82) is 0 Å². The van der Waals surface area contributed by atoms with Gasteiger partial charge in [-0.2, -0.15) is 0 Å². The summed E-state index contributed by atoms with van der Waals surface area (Å²) < 4.78 is 22.0. The number of hydrogen-bond acceptors (Lipinski definition) is 5. The van der Waals surface area contributed by atoms with E-state index in [1.54, 1.807) is 7.11 Å².